The largest absolute Gasteiger partial charge is 0.383 e. The minimum absolute atomic E-state index is 0.698. The van der Waals surface area contributed by atoms with Gasteiger partial charge in [-0.15, -0.1) is 0 Å². The number of hydrogen-bond acceptors (Lipinski definition) is 4. The Bertz CT molecular complexity index is 499. The standard InChI is InChI=1S/C17H26N4/c18-17-15(2-1-7-19-17)11-20-8-14-5-6-16(12-20)21(10-14)9-13-3-4-13/h1-2,7,13-14,16H,3-6,8-12H2,(H2,18,19)/t14-,16+/m1/s1. The molecule has 3 saturated heterocycles. The minimum atomic E-state index is 0.698. The van der Waals surface area contributed by atoms with Gasteiger partial charge in [0.15, 0.2) is 0 Å². The minimum Gasteiger partial charge on any atom is -0.383 e. The van der Waals surface area contributed by atoms with Crippen LogP contribution in [0.25, 0.3) is 0 Å². The lowest BCUT2D eigenvalue weighted by molar-refractivity contribution is 0.125. The van der Waals surface area contributed by atoms with Crippen LogP contribution in [0, 0.1) is 11.8 Å². The van der Waals surface area contributed by atoms with Crippen LogP contribution in [-0.4, -0.2) is 47.0 Å². The van der Waals surface area contributed by atoms with Gasteiger partial charge in [0.25, 0.3) is 0 Å². The van der Waals surface area contributed by atoms with Gasteiger partial charge in [-0.2, -0.15) is 0 Å². The molecule has 2 bridgehead atoms. The molecule has 2 N–H and O–H groups in total. The van der Waals surface area contributed by atoms with Gasteiger partial charge in [-0.05, 0) is 43.6 Å². The molecule has 1 aromatic rings. The van der Waals surface area contributed by atoms with E-state index < -0.39 is 0 Å². The summed E-state index contributed by atoms with van der Waals surface area (Å²) in [4.78, 5) is 9.63. The number of piperidine rings is 1. The molecule has 21 heavy (non-hydrogen) atoms. The average molecular weight is 286 g/mol. The Morgan fingerprint density at radius 1 is 1.14 bits per heavy atom. The van der Waals surface area contributed by atoms with Crippen molar-refractivity contribution < 1.29 is 0 Å². The van der Waals surface area contributed by atoms with Crippen molar-refractivity contribution in [3.63, 3.8) is 0 Å². The van der Waals surface area contributed by atoms with Crippen molar-refractivity contribution in [1.82, 2.24) is 14.8 Å². The third kappa shape index (κ3) is 3.06. The highest BCUT2D eigenvalue weighted by molar-refractivity contribution is 5.38. The van der Waals surface area contributed by atoms with E-state index in [2.05, 4.69) is 20.9 Å². The number of hydrogen-bond donors (Lipinski definition) is 1. The van der Waals surface area contributed by atoms with Crippen molar-refractivity contribution in [2.24, 2.45) is 11.8 Å². The van der Waals surface area contributed by atoms with E-state index in [0.717, 1.165) is 24.4 Å². The zero-order valence-corrected chi connectivity index (χ0v) is 12.7. The summed E-state index contributed by atoms with van der Waals surface area (Å²) in [5.74, 6) is 2.55. The monoisotopic (exact) mass is 286 g/mol. The molecule has 0 radical (unpaired) electrons. The van der Waals surface area contributed by atoms with Crippen molar-refractivity contribution in [3.05, 3.63) is 23.9 Å². The van der Waals surface area contributed by atoms with E-state index in [0.29, 0.717) is 5.82 Å². The first-order valence-corrected chi connectivity index (χ1v) is 8.43. The number of anilines is 1. The Morgan fingerprint density at radius 3 is 2.86 bits per heavy atom. The van der Waals surface area contributed by atoms with Crippen LogP contribution in [0.2, 0.25) is 0 Å². The molecule has 114 valence electrons. The van der Waals surface area contributed by atoms with E-state index in [1.807, 2.05) is 6.07 Å². The second-order valence-corrected chi connectivity index (χ2v) is 7.24. The molecule has 4 nitrogen and oxygen atoms in total. The van der Waals surface area contributed by atoms with Crippen LogP contribution in [0.3, 0.4) is 0 Å². The van der Waals surface area contributed by atoms with Crippen LogP contribution >= 0.6 is 0 Å². The molecule has 4 heterocycles. The highest BCUT2D eigenvalue weighted by Gasteiger charge is 2.37. The maximum Gasteiger partial charge on any atom is 0.127 e. The smallest absolute Gasteiger partial charge is 0.127 e. The van der Waals surface area contributed by atoms with E-state index in [-0.39, 0.29) is 0 Å². The lowest BCUT2D eigenvalue weighted by atomic mass is 9.95. The highest BCUT2D eigenvalue weighted by atomic mass is 15.3. The quantitative estimate of drug-likeness (QED) is 0.919. The predicted octanol–water partition coefficient (Wildman–Crippen LogP) is 1.97. The van der Waals surface area contributed by atoms with Crippen molar-refractivity contribution in [1.29, 1.82) is 0 Å². The lowest BCUT2D eigenvalue weighted by Gasteiger charge is -2.36. The van der Waals surface area contributed by atoms with Gasteiger partial charge in [-0.1, -0.05) is 6.07 Å². The second-order valence-electron chi connectivity index (χ2n) is 7.24. The Kier molecular flexibility index (Phi) is 3.59. The summed E-state index contributed by atoms with van der Waals surface area (Å²) in [7, 11) is 0. The SMILES string of the molecule is Nc1ncccc1CN1C[C@H]2CC[C@@H](C1)N(CC1CC1)C2. The molecule has 1 saturated carbocycles. The molecular weight excluding hydrogens is 260 g/mol. The Balaban J connectivity index is 1.44. The number of nitrogens with zero attached hydrogens (tertiary/aromatic N) is 3. The number of nitrogens with two attached hydrogens (primary N) is 1. The summed E-state index contributed by atoms with van der Waals surface area (Å²) < 4.78 is 0. The molecule has 4 fully saturated rings. The van der Waals surface area contributed by atoms with Gasteiger partial charge in [0.1, 0.15) is 5.82 Å². The molecule has 1 aromatic heterocycles. The maximum atomic E-state index is 6.01. The zero-order valence-electron chi connectivity index (χ0n) is 12.7. The Hall–Kier alpha value is -1.13. The van der Waals surface area contributed by atoms with Crippen molar-refractivity contribution in [3.8, 4) is 0 Å². The van der Waals surface area contributed by atoms with Crippen LogP contribution in [-0.2, 0) is 6.54 Å². The number of fused-ring (bicyclic) bond motifs is 4. The predicted molar refractivity (Wildman–Crippen MR) is 84.7 cm³/mol. The molecule has 2 atom stereocenters. The van der Waals surface area contributed by atoms with Crippen molar-refractivity contribution in [2.75, 3.05) is 31.9 Å². The molecule has 0 spiro atoms. The lowest BCUT2D eigenvalue weighted by Crippen LogP contribution is -2.44. The summed E-state index contributed by atoms with van der Waals surface area (Å²) in [5, 5.41) is 0. The average Bonchev–Trinajstić information content (AvgIpc) is 3.29. The van der Waals surface area contributed by atoms with Gasteiger partial charge in [-0.25, -0.2) is 4.98 Å². The third-order valence-electron chi connectivity index (χ3n) is 5.41. The number of pyridine rings is 1. The molecule has 4 aliphatic rings. The van der Waals surface area contributed by atoms with Gasteiger partial charge >= 0.3 is 0 Å². The summed E-state index contributed by atoms with van der Waals surface area (Å²) in [6, 6.07) is 4.89. The van der Waals surface area contributed by atoms with E-state index in [1.165, 1.54) is 57.4 Å². The third-order valence-corrected chi connectivity index (χ3v) is 5.41. The van der Waals surface area contributed by atoms with Gasteiger partial charge in [0, 0.05) is 50.5 Å². The summed E-state index contributed by atoms with van der Waals surface area (Å²) in [6.45, 7) is 6.07. The fraction of sp³-hybridized carbons (Fsp3) is 0.706. The summed E-state index contributed by atoms with van der Waals surface area (Å²) in [6.07, 6.45) is 7.50. The Morgan fingerprint density at radius 2 is 2.05 bits per heavy atom. The topological polar surface area (TPSA) is 45.4 Å². The van der Waals surface area contributed by atoms with Crippen LogP contribution in [0.15, 0.2) is 18.3 Å². The Labute approximate surface area is 127 Å². The molecule has 1 aliphatic carbocycles. The number of rotatable bonds is 4. The van der Waals surface area contributed by atoms with E-state index in [9.17, 15) is 0 Å². The normalized spacial score (nSPS) is 30.5. The van der Waals surface area contributed by atoms with Crippen molar-refractivity contribution in [2.45, 2.75) is 38.3 Å². The summed E-state index contributed by atoms with van der Waals surface area (Å²) in [5.41, 5.74) is 7.20. The number of aromatic nitrogens is 1. The van der Waals surface area contributed by atoms with Crippen LogP contribution in [0.5, 0.6) is 0 Å². The molecular formula is C17H26N4. The van der Waals surface area contributed by atoms with Crippen molar-refractivity contribution >= 4 is 5.82 Å². The molecule has 3 aliphatic heterocycles. The first-order valence-electron chi connectivity index (χ1n) is 8.43. The fourth-order valence-electron chi connectivity index (χ4n) is 4.09. The fourth-order valence-corrected chi connectivity index (χ4v) is 4.09. The highest BCUT2D eigenvalue weighted by Crippen LogP contribution is 2.35. The first kappa shape index (κ1) is 13.5. The zero-order chi connectivity index (χ0) is 14.2. The summed E-state index contributed by atoms with van der Waals surface area (Å²) >= 11 is 0. The maximum absolute atomic E-state index is 6.01. The van der Waals surface area contributed by atoms with E-state index in [4.69, 9.17) is 5.73 Å². The first-order chi connectivity index (χ1) is 10.3. The van der Waals surface area contributed by atoms with Crippen LogP contribution < -0.4 is 5.73 Å². The van der Waals surface area contributed by atoms with Gasteiger partial charge in [0.2, 0.25) is 0 Å². The van der Waals surface area contributed by atoms with Gasteiger partial charge in [0.05, 0.1) is 0 Å². The molecule has 0 amide bonds. The number of nitrogen functional groups attached to an aromatic ring is 1. The molecule has 0 unspecified atom stereocenters. The molecule has 0 aromatic carbocycles. The van der Waals surface area contributed by atoms with E-state index >= 15 is 0 Å². The van der Waals surface area contributed by atoms with Gasteiger partial charge in [-0.3, -0.25) is 9.80 Å². The molecule has 5 rings (SSSR count). The van der Waals surface area contributed by atoms with E-state index in [1.54, 1.807) is 6.20 Å². The second kappa shape index (κ2) is 5.58. The molecule has 4 heteroatoms. The van der Waals surface area contributed by atoms with Crippen LogP contribution in [0.1, 0.15) is 31.2 Å². The van der Waals surface area contributed by atoms with Gasteiger partial charge < -0.3 is 5.73 Å². The van der Waals surface area contributed by atoms with Crippen LogP contribution in [0.4, 0.5) is 5.82 Å².